The number of carbonyl (C=O) groups is 5. The van der Waals surface area contributed by atoms with E-state index in [1.165, 1.54) is 33.1 Å². The predicted octanol–water partition coefficient (Wildman–Crippen LogP) is 4.14. The maximum absolute atomic E-state index is 14.6. The SMILES string of the molecule is C=CC[C@@H]1/C=C(\C)CC(C)C[C@H](OC)[C@H]2O[C@@](O)(C(=O)C(=O)N3CCCC[C@H]3C(=O)O[C@@H]3C(C)=C[C@@H]4CC[C@@H](OC(=O)CSCCO)[C@H](OC)C4[C@@H]3[C@@H](O)CC1=O)[C@H](C)C[C@@H]2OC. The van der Waals surface area contributed by atoms with Gasteiger partial charge in [-0.3, -0.25) is 19.2 Å². The third-order valence-electron chi connectivity index (χ3n) is 13.9. The molecule has 3 aliphatic heterocycles. The van der Waals surface area contributed by atoms with E-state index in [1.807, 2.05) is 26.0 Å². The number of aliphatic hydroxyl groups is 3. The third-order valence-corrected chi connectivity index (χ3v) is 14.9. The number of allylic oxidation sites excluding steroid dienone is 4. The number of fused-ring (bicyclic) bond motifs is 6. The number of Topliss-reactive ketones (excluding diaryl/α,β-unsaturated/α-hetero) is 2. The molecule has 63 heavy (non-hydrogen) atoms. The molecule has 3 heterocycles. The molecule has 2 unspecified atom stereocenters. The summed E-state index contributed by atoms with van der Waals surface area (Å²) < 4.78 is 36.5. The van der Waals surface area contributed by atoms with Gasteiger partial charge in [0.2, 0.25) is 5.79 Å². The fourth-order valence-corrected chi connectivity index (χ4v) is 11.4. The van der Waals surface area contributed by atoms with Gasteiger partial charge in [-0.05, 0) is 89.0 Å². The molecular weight excluding hydrogens is 835 g/mol. The van der Waals surface area contributed by atoms with E-state index < -0.39 is 102 Å². The summed E-state index contributed by atoms with van der Waals surface area (Å²) in [5.74, 6) is -9.10. The van der Waals surface area contributed by atoms with Gasteiger partial charge in [-0.1, -0.05) is 37.6 Å². The molecule has 354 valence electrons. The Morgan fingerprint density at radius 1 is 0.968 bits per heavy atom. The van der Waals surface area contributed by atoms with Crippen LogP contribution >= 0.6 is 11.8 Å². The van der Waals surface area contributed by atoms with Crippen LogP contribution < -0.4 is 0 Å². The molecule has 1 amide bonds. The lowest BCUT2D eigenvalue weighted by atomic mass is 9.61. The summed E-state index contributed by atoms with van der Waals surface area (Å²) in [6.45, 7) is 11.3. The molecule has 5 aliphatic rings. The highest BCUT2D eigenvalue weighted by Crippen LogP contribution is 2.48. The maximum Gasteiger partial charge on any atom is 0.329 e. The van der Waals surface area contributed by atoms with Gasteiger partial charge in [0, 0.05) is 63.7 Å². The average Bonchev–Trinajstić information content (AvgIpc) is 3.25. The largest absolute Gasteiger partial charge is 0.459 e. The van der Waals surface area contributed by atoms with Crippen molar-refractivity contribution in [2.24, 2.45) is 35.5 Å². The lowest BCUT2D eigenvalue weighted by Gasteiger charge is -2.50. The van der Waals surface area contributed by atoms with E-state index >= 15 is 0 Å². The molecule has 0 aromatic heterocycles. The van der Waals surface area contributed by atoms with E-state index in [9.17, 15) is 39.3 Å². The molecule has 1 saturated carbocycles. The van der Waals surface area contributed by atoms with Gasteiger partial charge in [0.1, 0.15) is 30.1 Å². The van der Waals surface area contributed by atoms with Crippen molar-refractivity contribution in [1.82, 2.24) is 4.90 Å². The van der Waals surface area contributed by atoms with Crippen LogP contribution in [0.25, 0.3) is 0 Å². The van der Waals surface area contributed by atoms with Crippen LogP contribution in [0.4, 0.5) is 0 Å². The topological polar surface area (TPSA) is 205 Å². The van der Waals surface area contributed by atoms with Crippen LogP contribution in [0.2, 0.25) is 0 Å². The number of aliphatic hydroxyl groups excluding tert-OH is 2. The Bertz CT molecular complexity index is 1700. The summed E-state index contributed by atoms with van der Waals surface area (Å²) in [5.41, 5.74) is 1.57. The quantitative estimate of drug-likeness (QED) is 0.122. The third kappa shape index (κ3) is 11.7. The van der Waals surface area contributed by atoms with E-state index in [1.54, 1.807) is 19.9 Å². The highest BCUT2D eigenvalue weighted by Gasteiger charge is 2.57. The predicted molar refractivity (Wildman–Crippen MR) is 234 cm³/mol. The Kier molecular flexibility index (Phi) is 18.6. The number of hydrogen-bond acceptors (Lipinski definition) is 15. The first-order valence-corrected chi connectivity index (χ1v) is 23.8. The molecule has 0 aromatic carbocycles. The summed E-state index contributed by atoms with van der Waals surface area (Å²) in [7, 11) is 4.53. The molecule has 5 rings (SSSR count). The fourth-order valence-electron chi connectivity index (χ4n) is 10.9. The van der Waals surface area contributed by atoms with Crippen molar-refractivity contribution in [3.8, 4) is 0 Å². The van der Waals surface area contributed by atoms with Gasteiger partial charge >= 0.3 is 11.9 Å². The molecule has 2 saturated heterocycles. The molecule has 0 radical (unpaired) electrons. The van der Waals surface area contributed by atoms with Gasteiger partial charge in [-0.25, -0.2) is 4.79 Å². The maximum atomic E-state index is 14.6. The number of hydrogen-bond donors (Lipinski definition) is 3. The van der Waals surface area contributed by atoms with Crippen molar-refractivity contribution in [3.63, 3.8) is 0 Å². The van der Waals surface area contributed by atoms with E-state index in [2.05, 4.69) is 6.58 Å². The van der Waals surface area contributed by atoms with Crippen LogP contribution in [0.3, 0.4) is 0 Å². The van der Waals surface area contributed by atoms with Crippen molar-refractivity contribution in [2.45, 2.75) is 146 Å². The second-order valence-electron chi connectivity index (χ2n) is 18.4. The molecule has 0 aromatic rings. The molecule has 2 aliphatic carbocycles. The van der Waals surface area contributed by atoms with Crippen molar-refractivity contribution in [3.05, 3.63) is 36.0 Å². The Labute approximate surface area is 376 Å². The number of ketones is 2. The lowest BCUT2D eigenvalue weighted by Crippen LogP contribution is -2.64. The highest BCUT2D eigenvalue weighted by molar-refractivity contribution is 7.99. The van der Waals surface area contributed by atoms with E-state index in [0.29, 0.717) is 56.3 Å². The van der Waals surface area contributed by atoms with Gasteiger partial charge in [0.25, 0.3) is 11.7 Å². The van der Waals surface area contributed by atoms with E-state index in [0.717, 1.165) is 10.5 Å². The minimum Gasteiger partial charge on any atom is -0.459 e. The molecular formula is C47H71NO14S. The summed E-state index contributed by atoms with van der Waals surface area (Å²) >= 11 is 1.24. The zero-order chi connectivity index (χ0) is 46.2. The number of amides is 1. The number of nitrogens with zero attached hydrogens (tertiary/aromatic N) is 1. The van der Waals surface area contributed by atoms with E-state index in [4.69, 9.17) is 28.4 Å². The monoisotopic (exact) mass is 905 g/mol. The summed E-state index contributed by atoms with van der Waals surface area (Å²) in [4.78, 5) is 71.8. The van der Waals surface area contributed by atoms with Crippen LogP contribution in [0.1, 0.15) is 91.9 Å². The molecule has 15 nitrogen and oxygen atoms in total. The molecule has 16 heteroatoms. The van der Waals surface area contributed by atoms with Gasteiger partial charge in [-0.2, -0.15) is 0 Å². The van der Waals surface area contributed by atoms with E-state index in [-0.39, 0.29) is 55.8 Å². The smallest absolute Gasteiger partial charge is 0.329 e. The number of carbonyl (C=O) groups excluding carboxylic acids is 5. The van der Waals surface area contributed by atoms with Crippen LogP contribution in [0.5, 0.6) is 0 Å². The number of esters is 2. The number of thioether (sulfide) groups is 1. The molecule has 0 spiro atoms. The van der Waals surface area contributed by atoms with Gasteiger partial charge in [0.05, 0.1) is 36.8 Å². The van der Waals surface area contributed by atoms with Gasteiger partial charge in [0.15, 0.2) is 0 Å². The summed E-state index contributed by atoms with van der Waals surface area (Å²) in [5, 5.41) is 33.8. The van der Waals surface area contributed by atoms with Crippen LogP contribution in [-0.2, 0) is 52.4 Å². The Morgan fingerprint density at radius 3 is 2.35 bits per heavy atom. The Balaban J connectivity index is 1.58. The van der Waals surface area contributed by atoms with Crippen molar-refractivity contribution in [2.75, 3.05) is 46.0 Å². The normalized spacial score (nSPS) is 39.6. The second kappa shape index (κ2) is 23.0. The number of ether oxygens (including phenoxy) is 6. The molecule has 2 bridgehead atoms. The van der Waals surface area contributed by atoms with Crippen LogP contribution in [0.15, 0.2) is 36.0 Å². The molecule has 3 N–H and O–H groups in total. The van der Waals surface area contributed by atoms with Crippen molar-refractivity contribution < 1.29 is 67.7 Å². The highest BCUT2D eigenvalue weighted by atomic mass is 32.2. The minimum absolute atomic E-state index is 0.0283. The standard InChI is InChI=1S/C47H71NO14S/c1-9-12-30-20-26(2)19-27(3)21-36(57-6)42-37(58-7)23-29(5)47(56,62-42)44(53)45(54)48-16-11-10-13-32(48)46(55)61-41-28(4)22-31-14-15-35(60-38(52)25-63-18-17-49)43(59-8)39(31)40(41)34(51)24-33(30)50/h9,20,22,27,29-32,34-37,39-43,49,51,56H,1,10-19,21,23-25H2,2-8H3/b26-20+/t27?,29-,30-,31+,32+,34+,35-,36+,37+,39?,40+,41-,42-,43+,47-/m1/s1. The molecule has 15 atom stereocenters. The molecule has 3 fully saturated rings. The Hall–Kier alpha value is -2.96. The zero-order valence-electron chi connectivity index (χ0n) is 38.1. The second-order valence-corrected chi connectivity index (χ2v) is 19.5. The summed E-state index contributed by atoms with van der Waals surface area (Å²) in [6, 6.07) is -1.20. The minimum atomic E-state index is -2.55. The number of piperidine rings is 1. The number of rotatable bonds is 10. The van der Waals surface area contributed by atoms with Gasteiger partial charge < -0.3 is 48.6 Å². The lowest BCUT2D eigenvalue weighted by molar-refractivity contribution is -0.302. The van der Waals surface area contributed by atoms with Crippen LogP contribution in [-0.4, -0.2) is 150 Å². The van der Waals surface area contributed by atoms with Crippen LogP contribution in [0, 0.1) is 35.5 Å². The number of methoxy groups -OCH3 is 3. The van der Waals surface area contributed by atoms with Crippen molar-refractivity contribution >= 4 is 41.2 Å². The Morgan fingerprint density at radius 2 is 1.68 bits per heavy atom. The first kappa shape index (κ1) is 51.0. The van der Waals surface area contributed by atoms with Crippen molar-refractivity contribution in [1.29, 1.82) is 0 Å². The zero-order valence-corrected chi connectivity index (χ0v) is 38.9. The fraction of sp³-hybridized carbons (Fsp3) is 0.766. The summed E-state index contributed by atoms with van der Waals surface area (Å²) in [6.07, 6.45) is 3.00. The first-order chi connectivity index (χ1) is 30.0. The average molecular weight is 906 g/mol. The first-order valence-electron chi connectivity index (χ1n) is 22.6. The van der Waals surface area contributed by atoms with Gasteiger partial charge in [-0.15, -0.1) is 18.3 Å².